The molecule has 0 spiro atoms. The third kappa shape index (κ3) is 14.6. The smallest absolute Gasteiger partial charge is 0.407 e. The van der Waals surface area contributed by atoms with Crippen molar-refractivity contribution >= 4 is 29.8 Å². The Balaban J connectivity index is 1.17. The van der Waals surface area contributed by atoms with Gasteiger partial charge in [-0.3, -0.25) is 24.6 Å². The molecule has 3 aliphatic heterocycles. The molecule has 3 aliphatic rings. The number of anilines is 1. The molecule has 0 radical (unpaired) electrons. The van der Waals surface area contributed by atoms with Crippen LogP contribution in [0.25, 0.3) is 11.3 Å². The van der Waals surface area contributed by atoms with Crippen LogP contribution in [0.3, 0.4) is 0 Å². The van der Waals surface area contributed by atoms with Gasteiger partial charge in [0, 0.05) is 72.9 Å². The molecule has 2 bridgehead atoms. The highest BCUT2D eigenvalue weighted by molar-refractivity contribution is 5.87. The van der Waals surface area contributed by atoms with Crippen LogP contribution < -0.4 is 26.3 Å². The topological polar surface area (TPSA) is 216 Å². The fraction of sp³-hybridized carbons (Fsp3) is 0.509. The van der Waals surface area contributed by atoms with Gasteiger partial charge < -0.3 is 40.5 Å². The fourth-order valence-electron chi connectivity index (χ4n) is 9.78. The number of carboxylic acid groups (broad SMARTS) is 1. The molecule has 6 atom stereocenters. The summed E-state index contributed by atoms with van der Waals surface area (Å²) in [5.41, 5.74) is -4.29. The Morgan fingerprint density at radius 3 is 1.91 bits per heavy atom. The van der Waals surface area contributed by atoms with Crippen molar-refractivity contribution in [3.8, 4) is 23.1 Å². The highest BCUT2D eigenvalue weighted by Gasteiger charge is 2.57. The molecule has 6 N–H and O–H groups in total. The molecule has 3 fully saturated rings. The van der Waals surface area contributed by atoms with Crippen LogP contribution in [0.1, 0.15) is 62.8 Å². The van der Waals surface area contributed by atoms with Crippen molar-refractivity contribution in [2.24, 2.45) is 10.8 Å². The largest absolute Gasteiger partial charge is 0.465 e. The Labute approximate surface area is 458 Å². The molecule has 81 heavy (non-hydrogen) atoms. The second-order valence-corrected chi connectivity index (χ2v) is 21.1. The van der Waals surface area contributed by atoms with E-state index in [0.29, 0.717) is 62.0 Å². The van der Waals surface area contributed by atoms with Gasteiger partial charge in [0.2, 0.25) is 5.91 Å². The first kappa shape index (κ1) is 61.4. The van der Waals surface area contributed by atoms with Gasteiger partial charge in [0.1, 0.15) is 36.1 Å². The Bertz CT molecular complexity index is 2910. The molecule has 2 aromatic heterocycles. The number of pyridine rings is 1. The average Bonchev–Trinajstić information content (AvgIpc) is 4.16. The van der Waals surface area contributed by atoms with Crippen LogP contribution in [-0.2, 0) is 38.6 Å². The summed E-state index contributed by atoms with van der Waals surface area (Å²) < 4.78 is 156. The molecule has 4 amide bonds. The number of aliphatic hydroxyl groups is 1. The van der Waals surface area contributed by atoms with E-state index in [1.807, 2.05) is 17.6 Å². The number of methoxy groups -OCH3 is 1. The maximum atomic E-state index is 16.1. The van der Waals surface area contributed by atoms with E-state index in [1.54, 1.807) is 16.8 Å². The van der Waals surface area contributed by atoms with Crippen molar-refractivity contribution in [1.82, 2.24) is 46.0 Å². The van der Waals surface area contributed by atoms with E-state index in [1.165, 1.54) is 30.3 Å². The lowest BCUT2D eigenvalue weighted by Gasteiger charge is -2.47. The van der Waals surface area contributed by atoms with Crippen molar-refractivity contribution in [2.75, 3.05) is 44.9 Å². The zero-order valence-electron chi connectivity index (χ0n) is 44.3. The summed E-state index contributed by atoms with van der Waals surface area (Å²) in [6.45, 7) is 2.14. The van der Waals surface area contributed by atoms with Gasteiger partial charge in [-0.25, -0.2) is 37.1 Å². The molecule has 440 valence electrons. The number of alkyl halides is 8. The summed E-state index contributed by atoms with van der Waals surface area (Å²) in [4.78, 5) is 61.6. The normalized spacial score (nSPS) is 18.5. The molecule has 18 nitrogen and oxygen atoms in total. The van der Waals surface area contributed by atoms with Gasteiger partial charge in [0.15, 0.2) is 0 Å². The second-order valence-electron chi connectivity index (χ2n) is 21.1. The Hall–Kier alpha value is -7.22. The Morgan fingerprint density at radius 2 is 1.40 bits per heavy atom. The van der Waals surface area contributed by atoms with Crippen LogP contribution in [0, 0.1) is 34.3 Å². The standard InChI is InChI=1S/C53H60F10N10O8/c1-50(2,52(58,59)60)44(66-48(77)78)46(75)65-40(18-30-9-6-29(7-10-30)8-11-31-12-15-43(64-21-31)70-22-33-13-14-34(23-70)73(33)35-27-81-28-35)41(74)25-72(69-47(76)45(67-49(79)80-5)51(3,4)53(61,62)63)24-36-37(54)19-32(20-38(36)55)39-16-17-71(68-39)26-42(56)57/h6-7,9-10,12,15-17,19-21,33-35,40-42,44-45,66,74H,13-14,18,22-28H2,1-5H3,(H,65,75)(H,67,79)(H,69,76)(H,77,78). The van der Waals surface area contributed by atoms with Gasteiger partial charge in [-0.05, 0) is 95.0 Å². The van der Waals surface area contributed by atoms with Crippen molar-refractivity contribution < 1.29 is 82.8 Å². The monoisotopic (exact) mass is 1150 g/mol. The maximum absolute atomic E-state index is 16.1. The molecule has 0 aliphatic carbocycles. The molecule has 2 aromatic carbocycles. The second kappa shape index (κ2) is 24.9. The Morgan fingerprint density at radius 1 is 0.815 bits per heavy atom. The molecule has 4 aromatic rings. The maximum Gasteiger partial charge on any atom is 0.407 e. The summed E-state index contributed by atoms with van der Waals surface area (Å²) >= 11 is 0. The van der Waals surface area contributed by atoms with Crippen molar-refractivity contribution in [1.29, 1.82) is 0 Å². The number of carbonyl (C=O) groups excluding carboxylic acids is 3. The zero-order valence-corrected chi connectivity index (χ0v) is 44.3. The lowest BCUT2D eigenvalue weighted by Crippen LogP contribution is -2.63. The van der Waals surface area contributed by atoms with E-state index in [9.17, 15) is 64.5 Å². The number of aromatic nitrogens is 3. The molecule has 7 rings (SSSR count). The summed E-state index contributed by atoms with van der Waals surface area (Å²) in [5.74, 6) is 0.729. The van der Waals surface area contributed by atoms with Crippen LogP contribution in [0.5, 0.6) is 0 Å². The number of ether oxygens (including phenoxy) is 2. The number of hydrogen-bond donors (Lipinski definition) is 6. The summed E-state index contributed by atoms with van der Waals surface area (Å²) in [6, 6.07) is 6.63. The minimum Gasteiger partial charge on any atom is -0.465 e. The number of nitrogens with one attached hydrogen (secondary N) is 4. The van der Waals surface area contributed by atoms with Gasteiger partial charge in [-0.2, -0.15) is 31.4 Å². The van der Waals surface area contributed by atoms with Crippen LogP contribution in [-0.4, -0.2) is 160 Å². The first-order chi connectivity index (χ1) is 37.9. The van der Waals surface area contributed by atoms with Crippen LogP contribution in [0.4, 0.5) is 59.3 Å². The number of hydrogen-bond acceptors (Lipinski definition) is 12. The predicted octanol–water partition coefficient (Wildman–Crippen LogP) is 6.40. The number of piperazine rings is 1. The number of nitrogens with zero attached hydrogens (tertiary/aromatic N) is 6. The van der Waals surface area contributed by atoms with Crippen LogP contribution in [0.2, 0.25) is 0 Å². The van der Waals surface area contributed by atoms with E-state index >= 15 is 8.78 Å². The van der Waals surface area contributed by atoms with Crippen molar-refractivity contribution in [3.05, 3.63) is 101 Å². The number of fused-ring (bicyclic) bond motifs is 2. The van der Waals surface area contributed by atoms with E-state index in [-0.39, 0.29) is 16.8 Å². The van der Waals surface area contributed by atoms with Gasteiger partial charge >= 0.3 is 24.5 Å². The number of hydrazine groups is 1. The Kier molecular flexibility index (Phi) is 18.9. The minimum absolute atomic E-state index is 0.163. The average molecular weight is 1160 g/mol. The highest BCUT2D eigenvalue weighted by Crippen LogP contribution is 2.42. The highest BCUT2D eigenvalue weighted by atomic mass is 19.4. The molecule has 6 unspecified atom stereocenters. The number of aliphatic hydroxyl groups excluding tert-OH is 1. The first-order valence-corrected chi connectivity index (χ1v) is 25.4. The lowest BCUT2D eigenvalue weighted by atomic mass is 9.82. The predicted molar refractivity (Wildman–Crippen MR) is 270 cm³/mol. The molecular weight excluding hydrogens is 1090 g/mol. The SMILES string of the molecule is COC(=O)NC(C(=O)NN(Cc1c(F)cc(-c2ccn(CC(F)F)n2)cc1F)CC(O)C(Cc1ccc(C#Cc2ccc(N3CC4CCC(C3)N4C3COC3)nc2)cc1)NC(=O)C(NC(=O)O)C(C)(C)C(F)(F)F)C(C)(C)C(F)(F)F. The van der Waals surface area contributed by atoms with Crippen LogP contribution >= 0.6 is 0 Å². The third-order valence-corrected chi connectivity index (χ3v) is 14.8. The minimum atomic E-state index is -5.23. The molecule has 5 heterocycles. The number of alkyl carbamates (subject to hydrolysis) is 1. The lowest BCUT2D eigenvalue weighted by molar-refractivity contribution is -0.221. The van der Waals surface area contributed by atoms with E-state index in [4.69, 9.17) is 4.74 Å². The zero-order chi connectivity index (χ0) is 59.4. The first-order valence-electron chi connectivity index (χ1n) is 25.4. The van der Waals surface area contributed by atoms with Gasteiger partial charge in [0.05, 0.1) is 55.0 Å². The van der Waals surface area contributed by atoms with Crippen molar-refractivity contribution in [2.45, 2.75) is 121 Å². The molecule has 3 saturated heterocycles. The number of amides is 4. The summed E-state index contributed by atoms with van der Waals surface area (Å²) in [6.07, 6.45) is -14.6. The molecule has 28 heteroatoms. The van der Waals surface area contributed by atoms with Gasteiger partial charge in [0.25, 0.3) is 12.3 Å². The molecule has 0 saturated carbocycles. The van der Waals surface area contributed by atoms with E-state index in [2.05, 4.69) is 41.8 Å². The van der Waals surface area contributed by atoms with E-state index in [0.717, 1.165) is 75.1 Å². The number of rotatable bonds is 20. The number of carbonyl (C=O) groups is 4. The van der Waals surface area contributed by atoms with Gasteiger partial charge in [-0.1, -0.05) is 24.0 Å². The quantitative estimate of drug-likeness (QED) is 0.0322. The summed E-state index contributed by atoms with van der Waals surface area (Å²) in [5, 5.41) is 31.5. The van der Waals surface area contributed by atoms with Crippen LogP contribution in [0.15, 0.2) is 67.0 Å². The van der Waals surface area contributed by atoms with Gasteiger partial charge in [-0.15, -0.1) is 0 Å². The number of halogens is 10. The summed E-state index contributed by atoms with van der Waals surface area (Å²) in [7, 11) is 0.780. The van der Waals surface area contributed by atoms with Crippen molar-refractivity contribution in [3.63, 3.8) is 0 Å². The van der Waals surface area contributed by atoms with E-state index < -0.39 is 121 Å². The number of benzene rings is 2. The fourth-order valence-corrected chi connectivity index (χ4v) is 9.78. The third-order valence-electron chi connectivity index (χ3n) is 14.8. The molecular formula is C53H60F10N10O8.